The van der Waals surface area contributed by atoms with Gasteiger partial charge in [-0.1, -0.05) is 0 Å². The average Bonchev–Trinajstić information content (AvgIpc) is 2.65. The minimum atomic E-state index is -0.800. The third kappa shape index (κ3) is 2.52. The van der Waals surface area contributed by atoms with Crippen molar-refractivity contribution in [3.63, 3.8) is 0 Å². The molecule has 0 saturated carbocycles. The number of aromatic amines is 1. The standard InChI is InChI=1S/C9H11N2O5.Hg/c12-4-6-5(13)3-8(16-6)11-2-1-7(14)10-9(11)15;/h2,5-6,8,12-13H,3-4H2,(H,10,14,15);/t5-,6+,8+;/m0./s1. The van der Waals surface area contributed by atoms with E-state index in [1.54, 1.807) is 0 Å². The third-order valence-corrected chi connectivity index (χ3v) is 4.69. The molecule has 0 aromatic carbocycles. The molecule has 0 spiro atoms. The second-order valence-corrected chi connectivity index (χ2v) is 6.90. The van der Waals surface area contributed by atoms with Crippen LogP contribution in [0.2, 0.25) is 0 Å². The van der Waals surface area contributed by atoms with Crippen molar-refractivity contribution in [2.24, 2.45) is 0 Å². The van der Waals surface area contributed by atoms with Gasteiger partial charge < -0.3 is 0 Å². The Kier molecular flexibility index (Phi) is 3.81. The van der Waals surface area contributed by atoms with Crippen molar-refractivity contribution in [3.05, 3.63) is 27.0 Å². The van der Waals surface area contributed by atoms with Crippen LogP contribution in [0.5, 0.6) is 0 Å². The molecule has 0 amide bonds. The first kappa shape index (κ1) is 12.9. The molecule has 0 bridgehead atoms. The Morgan fingerprint density at radius 2 is 2.29 bits per heavy atom. The summed E-state index contributed by atoms with van der Waals surface area (Å²) < 4.78 is 7.19. The van der Waals surface area contributed by atoms with Crippen LogP contribution in [0.3, 0.4) is 0 Å². The summed E-state index contributed by atoms with van der Waals surface area (Å²) >= 11 is 0.0895. The van der Waals surface area contributed by atoms with E-state index in [0.717, 1.165) is 0 Å². The van der Waals surface area contributed by atoms with Crippen LogP contribution >= 0.6 is 0 Å². The molecule has 0 aliphatic carbocycles. The Hall–Kier alpha value is -0.505. The van der Waals surface area contributed by atoms with Crippen molar-refractivity contribution < 1.29 is 41.1 Å². The van der Waals surface area contributed by atoms with Crippen molar-refractivity contribution in [2.75, 3.05) is 6.61 Å². The normalized spacial score (nSPS) is 28.6. The maximum atomic E-state index is 11.6. The van der Waals surface area contributed by atoms with Gasteiger partial charge in [-0.2, -0.15) is 0 Å². The molecular formula is C9H11HgN2O5. The topological polar surface area (TPSA) is 105 Å². The van der Waals surface area contributed by atoms with Crippen LogP contribution in [0, 0.1) is 0 Å². The molecule has 1 fully saturated rings. The Bertz CT molecular complexity index is 525. The molecule has 0 unspecified atom stereocenters. The van der Waals surface area contributed by atoms with E-state index in [0.29, 0.717) is 3.07 Å². The number of aliphatic hydroxyl groups excluding tert-OH is 2. The van der Waals surface area contributed by atoms with E-state index in [1.807, 2.05) is 0 Å². The quantitative estimate of drug-likeness (QED) is 0.447. The Balaban J connectivity index is 2.34. The number of rotatable bonds is 2. The summed E-state index contributed by atoms with van der Waals surface area (Å²) in [6.45, 7) is -0.299. The number of hydrogen-bond acceptors (Lipinski definition) is 5. The molecule has 0 radical (unpaired) electrons. The average molecular weight is 428 g/mol. The molecule has 2 rings (SSSR count). The number of ether oxygens (including phenoxy) is 1. The van der Waals surface area contributed by atoms with E-state index in [2.05, 4.69) is 4.98 Å². The molecule has 1 aliphatic rings. The van der Waals surface area contributed by atoms with Gasteiger partial charge in [-0.05, 0) is 0 Å². The Morgan fingerprint density at radius 3 is 2.88 bits per heavy atom. The van der Waals surface area contributed by atoms with Gasteiger partial charge >= 0.3 is 112 Å². The molecule has 1 aromatic heterocycles. The summed E-state index contributed by atoms with van der Waals surface area (Å²) in [7, 11) is 0. The van der Waals surface area contributed by atoms with Crippen LogP contribution in [-0.2, 0) is 30.9 Å². The molecule has 8 heteroatoms. The fraction of sp³-hybridized carbons (Fsp3) is 0.556. The van der Waals surface area contributed by atoms with Gasteiger partial charge in [-0.3, -0.25) is 0 Å². The Labute approximate surface area is 112 Å². The number of aliphatic hydroxyl groups is 2. The van der Waals surface area contributed by atoms with E-state index in [4.69, 9.17) is 9.84 Å². The van der Waals surface area contributed by atoms with Gasteiger partial charge in [0.25, 0.3) is 0 Å². The van der Waals surface area contributed by atoms with E-state index in [-0.39, 0.29) is 44.7 Å². The Morgan fingerprint density at radius 1 is 1.59 bits per heavy atom. The van der Waals surface area contributed by atoms with Gasteiger partial charge in [-0.25, -0.2) is 0 Å². The van der Waals surface area contributed by atoms with Crippen molar-refractivity contribution in [3.8, 4) is 0 Å². The molecule has 1 aromatic rings. The summed E-state index contributed by atoms with van der Waals surface area (Å²) in [5.74, 6) is 0. The predicted octanol–water partition coefficient (Wildman–Crippen LogP) is -2.65. The van der Waals surface area contributed by atoms with Crippen LogP contribution in [-0.4, -0.2) is 38.6 Å². The van der Waals surface area contributed by atoms with Crippen LogP contribution in [0.1, 0.15) is 12.6 Å². The summed E-state index contributed by atoms with van der Waals surface area (Å²) in [5.41, 5.74) is -0.910. The molecule has 2 heterocycles. The fourth-order valence-electron chi connectivity index (χ4n) is 1.79. The summed E-state index contributed by atoms with van der Waals surface area (Å²) in [4.78, 5) is 25.0. The fourth-order valence-corrected chi connectivity index (χ4v) is 2.90. The van der Waals surface area contributed by atoms with Gasteiger partial charge in [-0.15, -0.1) is 0 Å². The van der Waals surface area contributed by atoms with Gasteiger partial charge in [0, 0.05) is 0 Å². The molecule has 17 heavy (non-hydrogen) atoms. The first-order valence-corrected chi connectivity index (χ1v) is 7.89. The molecule has 1 saturated heterocycles. The van der Waals surface area contributed by atoms with E-state index >= 15 is 0 Å². The van der Waals surface area contributed by atoms with E-state index in [9.17, 15) is 14.7 Å². The molecule has 3 atom stereocenters. The number of nitrogens with zero attached hydrogens (tertiary/aromatic N) is 1. The van der Waals surface area contributed by atoms with Crippen molar-refractivity contribution in [1.29, 1.82) is 0 Å². The summed E-state index contributed by atoms with van der Waals surface area (Å²) in [6.07, 6.45) is -0.410. The summed E-state index contributed by atoms with van der Waals surface area (Å²) in [6, 6.07) is 0. The van der Waals surface area contributed by atoms with E-state index < -0.39 is 24.1 Å². The minimum absolute atomic E-state index is 0.0895. The third-order valence-electron chi connectivity index (χ3n) is 2.74. The molecule has 1 aliphatic heterocycles. The van der Waals surface area contributed by atoms with Gasteiger partial charge in [0.2, 0.25) is 0 Å². The molecule has 3 N–H and O–H groups in total. The molecule has 7 nitrogen and oxygen atoms in total. The van der Waals surface area contributed by atoms with Crippen LogP contribution in [0.15, 0.2) is 15.8 Å². The maximum absolute atomic E-state index is 11.6. The zero-order valence-corrected chi connectivity index (χ0v) is 14.5. The van der Waals surface area contributed by atoms with Crippen molar-refractivity contribution in [2.45, 2.75) is 24.9 Å². The first-order chi connectivity index (χ1) is 8.02. The van der Waals surface area contributed by atoms with Crippen molar-refractivity contribution >= 4 is 3.07 Å². The predicted molar refractivity (Wildman–Crippen MR) is 52.6 cm³/mol. The van der Waals surface area contributed by atoms with Gasteiger partial charge in [0.15, 0.2) is 0 Å². The van der Waals surface area contributed by atoms with E-state index in [1.165, 1.54) is 10.8 Å². The van der Waals surface area contributed by atoms with Gasteiger partial charge in [0.1, 0.15) is 0 Å². The number of H-pyrrole nitrogens is 1. The second kappa shape index (κ2) is 5.01. The van der Waals surface area contributed by atoms with Gasteiger partial charge in [0.05, 0.1) is 0 Å². The molecular weight excluding hydrogens is 417 g/mol. The SMILES string of the molecule is O=c1[nH]c(=O)n([C@H]2C[C@H](O)[C@@H](CO)O2)c[c]1[Hg]. The number of aromatic nitrogens is 2. The first-order valence-electron chi connectivity index (χ1n) is 5.14. The zero-order chi connectivity index (χ0) is 12.6. The van der Waals surface area contributed by atoms with Crippen LogP contribution in [0.25, 0.3) is 0 Å². The zero-order valence-electron chi connectivity index (χ0n) is 9.00. The summed E-state index contributed by atoms with van der Waals surface area (Å²) in [5, 5.41) is 18.5. The monoisotopic (exact) mass is 429 g/mol. The second-order valence-electron chi connectivity index (χ2n) is 3.94. The number of hydrogen-bond donors (Lipinski definition) is 3. The number of nitrogens with one attached hydrogen (secondary N) is 1. The van der Waals surface area contributed by atoms with Crippen molar-refractivity contribution in [1.82, 2.24) is 9.55 Å². The van der Waals surface area contributed by atoms with Crippen LogP contribution < -0.4 is 14.3 Å². The van der Waals surface area contributed by atoms with Crippen LogP contribution in [0.4, 0.5) is 0 Å². The molecule has 89 valence electrons.